The lowest BCUT2D eigenvalue weighted by Gasteiger charge is -2.10. The molecular weight excluding hydrogens is 224 g/mol. The summed E-state index contributed by atoms with van der Waals surface area (Å²) >= 11 is 5.84. The first-order valence-electron chi connectivity index (χ1n) is 4.89. The van der Waals surface area contributed by atoms with Gasteiger partial charge in [0.25, 0.3) is 0 Å². The van der Waals surface area contributed by atoms with Crippen LogP contribution in [0.2, 0.25) is 5.02 Å². The summed E-state index contributed by atoms with van der Waals surface area (Å²) in [6.45, 7) is 0.721. The Morgan fingerprint density at radius 2 is 2.00 bits per heavy atom. The third kappa shape index (κ3) is 2.40. The molecule has 0 bridgehead atoms. The molecular formula is C11H12ClN4. The molecule has 1 heterocycles. The maximum atomic E-state index is 5.84. The van der Waals surface area contributed by atoms with Gasteiger partial charge >= 0.3 is 0 Å². The van der Waals surface area contributed by atoms with E-state index in [0.717, 1.165) is 18.1 Å². The van der Waals surface area contributed by atoms with Crippen LogP contribution < -0.4 is 0 Å². The third-order valence-corrected chi connectivity index (χ3v) is 2.36. The Morgan fingerprint density at radius 1 is 1.31 bits per heavy atom. The van der Waals surface area contributed by atoms with Crippen LogP contribution in [0.5, 0.6) is 0 Å². The van der Waals surface area contributed by atoms with Gasteiger partial charge in [0.2, 0.25) is 6.33 Å². The Kier molecular flexibility index (Phi) is 3.22. The zero-order chi connectivity index (χ0) is 11.5. The average molecular weight is 236 g/mol. The highest BCUT2D eigenvalue weighted by Gasteiger charge is 2.07. The zero-order valence-electron chi connectivity index (χ0n) is 9.18. The van der Waals surface area contributed by atoms with E-state index in [1.54, 1.807) is 0 Å². The van der Waals surface area contributed by atoms with Crippen molar-refractivity contribution in [1.29, 1.82) is 0 Å². The number of hydrogen-bond donors (Lipinski definition) is 0. The smallest absolute Gasteiger partial charge is 0.207 e. The van der Waals surface area contributed by atoms with Crippen molar-refractivity contribution in [1.82, 2.24) is 19.7 Å². The van der Waals surface area contributed by atoms with E-state index in [1.807, 2.05) is 47.8 Å². The second-order valence-electron chi connectivity index (χ2n) is 3.77. The largest absolute Gasteiger partial charge is 0.302 e. The Morgan fingerprint density at radius 3 is 2.62 bits per heavy atom. The standard InChI is InChI=1S/C11H12ClN4/c1-15(2)7-11-14-13-8-16(11)10-5-3-9(12)4-6-10/h3-6H,7H2,1-2H3. The van der Waals surface area contributed by atoms with E-state index in [-0.39, 0.29) is 0 Å². The van der Waals surface area contributed by atoms with Crippen LogP contribution in [0.4, 0.5) is 0 Å². The van der Waals surface area contributed by atoms with E-state index >= 15 is 0 Å². The predicted octanol–water partition coefficient (Wildman–Crippen LogP) is 1.78. The van der Waals surface area contributed by atoms with Gasteiger partial charge in [-0.3, -0.25) is 4.57 Å². The molecule has 83 valence electrons. The molecule has 0 aliphatic heterocycles. The van der Waals surface area contributed by atoms with Crippen molar-refractivity contribution < 1.29 is 0 Å². The van der Waals surface area contributed by atoms with Crippen LogP contribution in [-0.2, 0) is 6.54 Å². The minimum absolute atomic E-state index is 0.714. The van der Waals surface area contributed by atoms with Crippen LogP contribution in [0.25, 0.3) is 5.69 Å². The van der Waals surface area contributed by atoms with Crippen molar-refractivity contribution in [2.45, 2.75) is 6.54 Å². The van der Waals surface area contributed by atoms with Crippen LogP contribution in [0.15, 0.2) is 24.3 Å². The van der Waals surface area contributed by atoms with Gasteiger partial charge < -0.3 is 4.90 Å². The summed E-state index contributed by atoms with van der Waals surface area (Å²) in [5.41, 5.74) is 0.964. The van der Waals surface area contributed by atoms with Gasteiger partial charge in [-0.1, -0.05) is 11.6 Å². The van der Waals surface area contributed by atoms with E-state index in [2.05, 4.69) is 16.5 Å². The van der Waals surface area contributed by atoms with E-state index in [0.29, 0.717) is 5.02 Å². The predicted molar refractivity (Wildman–Crippen MR) is 62.6 cm³/mol. The molecule has 0 fully saturated rings. The minimum Gasteiger partial charge on any atom is -0.302 e. The molecule has 4 nitrogen and oxygen atoms in total. The SMILES string of the molecule is CN(C)Cc1nn[c]n1-c1ccc(Cl)cc1. The highest BCUT2D eigenvalue weighted by Crippen LogP contribution is 2.14. The summed E-state index contributed by atoms with van der Waals surface area (Å²) in [6.07, 6.45) is 2.83. The molecule has 0 aliphatic carbocycles. The summed E-state index contributed by atoms with van der Waals surface area (Å²) in [5.74, 6) is 0.854. The molecule has 0 spiro atoms. The molecule has 0 amide bonds. The normalized spacial score (nSPS) is 11.0. The van der Waals surface area contributed by atoms with E-state index in [9.17, 15) is 0 Å². The Hall–Kier alpha value is -1.39. The maximum Gasteiger partial charge on any atom is 0.207 e. The van der Waals surface area contributed by atoms with Crippen molar-refractivity contribution in [3.63, 3.8) is 0 Å². The fraction of sp³-hybridized carbons (Fsp3) is 0.273. The summed E-state index contributed by atoms with van der Waals surface area (Å²) in [4.78, 5) is 2.03. The Labute approximate surface area is 99.5 Å². The van der Waals surface area contributed by atoms with Gasteiger partial charge in [-0.25, -0.2) is 0 Å². The monoisotopic (exact) mass is 235 g/mol. The first-order chi connectivity index (χ1) is 7.66. The van der Waals surface area contributed by atoms with E-state index in [4.69, 9.17) is 11.6 Å². The number of aromatic nitrogens is 3. The molecule has 2 rings (SSSR count). The van der Waals surface area contributed by atoms with Gasteiger partial charge in [0.15, 0.2) is 5.82 Å². The number of rotatable bonds is 3. The molecule has 0 aliphatic rings. The number of halogens is 1. The van der Waals surface area contributed by atoms with Gasteiger partial charge in [-0.15, -0.1) is 10.2 Å². The molecule has 0 unspecified atom stereocenters. The first-order valence-corrected chi connectivity index (χ1v) is 5.27. The molecule has 5 heteroatoms. The van der Waals surface area contributed by atoms with Gasteiger partial charge in [0.05, 0.1) is 6.54 Å². The first kappa shape index (κ1) is 11.1. The van der Waals surface area contributed by atoms with E-state index < -0.39 is 0 Å². The van der Waals surface area contributed by atoms with Gasteiger partial charge in [0, 0.05) is 10.7 Å². The van der Waals surface area contributed by atoms with Crippen LogP contribution in [0, 0.1) is 6.33 Å². The number of hydrogen-bond acceptors (Lipinski definition) is 3. The van der Waals surface area contributed by atoms with Crippen molar-refractivity contribution in [2.24, 2.45) is 0 Å². The van der Waals surface area contributed by atoms with Crippen molar-refractivity contribution in [3.8, 4) is 5.69 Å². The van der Waals surface area contributed by atoms with Crippen LogP contribution in [-0.4, -0.2) is 33.8 Å². The second kappa shape index (κ2) is 4.63. The summed E-state index contributed by atoms with van der Waals surface area (Å²) in [7, 11) is 3.97. The van der Waals surface area contributed by atoms with Gasteiger partial charge in [-0.2, -0.15) is 0 Å². The molecule has 0 saturated heterocycles. The molecule has 1 aromatic carbocycles. The average Bonchev–Trinajstić information content (AvgIpc) is 2.66. The molecule has 2 aromatic rings. The molecule has 0 saturated carbocycles. The lowest BCUT2D eigenvalue weighted by molar-refractivity contribution is 0.387. The molecule has 16 heavy (non-hydrogen) atoms. The molecule has 1 aromatic heterocycles. The van der Waals surface area contributed by atoms with Crippen LogP contribution >= 0.6 is 11.6 Å². The zero-order valence-corrected chi connectivity index (χ0v) is 9.94. The minimum atomic E-state index is 0.714. The lowest BCUT2D eigenvalue weighted by Crippen LogP contribution is -2.14. The van der Waals surface area contributed by atoms with Crippen molar-refractivity contribution in [3.05, 3.63) is 41.4 Å². The summed E-state index contributed by atoms with van der Waals surface area (Å²) < 4.78 is 1.83. The number of benzene rings is 1. The topological polar surface area (TPSA) is 34.0 Å². The van der Waals surface area contributed by atoms with Gasteiger partial charge in [0.1, 0.15) is 0 Å². The Bertz CT molecular complexity index is 461. The van der Waals surface area contributed by atoms with Gasteiger partial charge in [-0.05, 0) is 38.4 Å². The second-order valence-corrected chi connectivity index (χ2v) is 4.20. The Balaban J connectivity index is 2.33. The van der Waals surface area contributed by atoms with Crippen LogP contribution in [0.1, 0.15) is 5.82 Å². The molecule has 0 atom stereocenters. The maximum absolute atomic E-state index is 5.84. The molecule has 1 radical (unpaired) electrons. The van der Waals surface area contributed by atoms with Crippen molar-refractivity contribution >= 4 is 11.6 Å². The number of nitrogens with zero attached hydrogens (tertiary/aromatic N) is 4. The molecule has 0 N–H and O–H groups in total. The highest BCUT2D eigenvalue weighted by molar-refractivity contribution is 6.30. The summed E-state index contributed by atoms with van der Waals surface area (Å²) in [5, 5.41) is 8.55. The summed E-state index contributed by atoms with van der Waals surface area (Å²) in [6, 6.07) is 7.51. The lowest BCUT2D eigenvalue weighted by atomic mass is 10.3. The quantitative estimate of drug-likeness (QED) is 0.813. The van der Waals surface area contributed by atoms with E-state index in [1.165, 1.54) is 0 Å². The van der Waals surface area contributed by atoms with Crippen molar-refractivity contribution in [2.75, 3.05) is 14.1 Å². The highest BCUT2D eigenvalue weighted by atomic mass is 35.5. The fourth-order valence-corrected chi connectivity index (χ4v) is 1.54. The third-order valence-electron chi connectivity index (χ3n) is 2.11. The van der Waals surface area contributed by atoms with Crippen LogP contribution in [0.3, 0.4) is 0 Å². The fourth-order valence-electron chi connectivity index (χ4n) is 1.41.